The molecule has 2 N–H and O–H groups in total. The van der Waals surface area contributed by atoms with Crippen LogP contribution in [0.25, 0.3) is 0 Å². The first kappa shape index (κ1) is 13.9. The number of unbranched alkanes of at least 4 members (excludes halogenated alkanes) is 3. The Kier molecular flexibility index (Phi) is 5.21. The van der Waals surface area contributed by atoms with Gasteiger partial charge in [0.15, 0.2) is 0 Å². The zero-order valence-electron chi connectivity index (χ0n) is 11.1. The topological polar surface area (TPSA) is 62.0 Å². The summed E-state index contributed by atoms with van der Waals surface area (Å²) in [6, 6.07) is 5.90. The van der Waals surface area contributed by atoms with E-state index in [2.05, 4.69) is 5.16 Å². The van der Waals surface area contributed by atoms with Crippen molar-refractivity contribution in [1.82, 2.24) is 0 Å². The summed E-state index contributed by atoms with van der Waals surface area (Å²) < 4.78 is 5.82. The molecule has 0 fully saturated rings. The third kappa shape index (κ3) is 3.47. The molecule has 0 radical (unpaired) electrons. The lowest BCUT2D eigenvalue weighted by Gasteiger charge is -2.10. The zero-order chi connectivity index (χ0) is 13.5. The standard InChI is InChI=1S/C15H21NO3/c17-10-3-1-2-4-11-19-15-7-5-6-12-13(15)8-9-14(12)16-18/h5-7,17-18H,1-4,8-11H2/b16-14+. The van der Waals surface area contributed by atoms with E-state index in [9.17, 15) is 0 Å². The fraction of sp³-hybridized carbons (Fsp3) is 0.533. The molecular formula is C15H21NO3. The van der Waals surface area contributed by atoms with Gasteiger partial charge in [-0.05, 0) is 38.2 Å². The highest BCUT2D eigenvalue weighted by molar-refractivity contribution is 6.04. The number of hydrogen-bond acceptors (Lipinski definition) is 4. The molecule has 1 aromatic rings. The van der Waals surface area contributed by atoms with Crippen molar-refractivity contribution in [3.63, 3.8) is 0 Å². The lowest BCUT2D eigenvalue weighted by molar-refractivity contribution is 0.273. The molecule has 1 aliphatic rings. The second-order valence-corrected chi connectivity index (χ2v) is 4.82. The van der Waals surface area contributed by atoms with Crippen molar-refractivity contribution in [3.05, 3.63) is 29.3 Å². The highest BCUT2D eigenvalue weighted by Crippen LogP contribution is 2.31. The first-order valence-corrected chi connectivity index (χ1v) is 6.93. The van der Waals surface area contributed by atoms with Gasteiger partial charge in [0.05, 0.1) is 12.3 Å². The average molecular weight is 263 g/mol. The van der Waals surface area contributed by atoms with E-state index < -0.39 is 0 Å². The zero-order valence-corrected chi connectivity index (χ0v) is 11.1. The number of ether oxygens (including phenoxy) is 1. The average Bonchev–Trinajstić information content (AvgIpc) is 2.86. The van der Waals surface area contributed by atoms with Gasteiger partial charge in [-0.25, -0.2) is 0 Å². The minimum absolute atomic E-state index is 0.274. The van der Waals surface area contributed by atoms with E-state index in [0.29, 0.717) is 6.61 Å². The van der Waals surface area contributed by atoms with E-state index >= 15 is 0 Å². The van der Waals surface area contributed by atoms with E-state index in [1.54, 1.807) is 0 Å². The molecule has 0 saturated carbocycles. The van der Waals surface area contributed by atoms with Gasteiger partial charge >= 0.3 is 0 Å². The minimum atomic E-state index is 0.274. The first-order chi connectivity index (χ1) is 9.36. The van der Waals surface area contributed by atoms with Gasteiger partial charge in [-0.15, -0.1) is 0 Å². The lowest BCUT2D eigenvalue weighted by atomic mass is 10.1. The third-order valence-corrected chi connectivity index (χ3v) is 3.49. The summed E-state index contributed by atoms with van der Waals surface area (Å²) in [5.74, 6) is 0.915. The number of oxime groups is 1. The van der Waals surface area contributed by atoms with Crippen LogP contribution in [-0.4, -0.2) is 29.2 Å². The fourth-order valence-corrected chi connectivity index (χ4v) is 2.46. The molecule has 0 saturated heterocycles. The Morgan fingerprint density at radius 1 is 1.11 bits per heavy atom. The Morgan fingerprint density at radius 3 is 2.74 bits per heavy atom. The van der Waals surface area contributed by atoms with Gasteiger partial charge in [0.1, 0.15) is 5.75 Å². The Labute approximate surface area is 113 Å². The lowest BCUT2D eigenvalue weighted by Crippen LogP contribution is -2.01. The number of nitrogens with zero attached hydrogens (tertiary/aromatic N) is 1. The largest absolute Gasteiger partial charge is 0.493 e. The van der Waals surface area contributed by atoms with E-state index in [1.807, 2.05) is 18.2 Å². The molecule has 0 atom stereocenters. The number of aliphatic hydroxyl groups excluding tert-OH is 1. The summed E-state index contributed by atoms with van der Waals surface area (Å²) >= 11 is 0. The molecule has 19 heavy (non-hydrogen) atoms. The van der Waals surface area contributed by atoms with E-state index in [4.69, 9.17) is 15.1 Å². The third-order valence-electron chi connectivity index (χ3n) is 3.49. The quantitative estimate of drug-likeness (QED) is 0.452. The first-order valence-electron chi connectivity index (χ1n) is 6.93. The van der Waals surface area contributed by atoms with Gasteiger partial charge < -0.3 is 15.1 Å². The summed E-state index contributed by atoms with van der Waals surface area (Å²) in [6.45, 7) is 0.976. The molecule has 0 aliphatic heterocycles. The molecule has 0 amide bonds. The number of hydrogen-bond donors (Lipinski definition) is 2. The molecule has 2 rings (SSSR count). The highest BCUT2D eigenvalue weighted by Gasteiger charge is 2.21. The molecule has 104 valence electrons. The Morgan fingerprint density at radius 2 is 1.95 bits per heavy atom. The van der Waals surface area contributed by atoms with Crippen molar-refractivity contribution in [1.29, 1.82) is 0 Å². The Balaban J connectivity index is 1.87. The van der Waals surface area contributed by atoms with Crippen molar-refractivity contribution >= 4 is 5.71 Å². The van der Waals surface area contributed by atoms with Crippen LogP contribution in [0.1, 0.15) is 43.2 Å². The summed E-state index contributed by atoms with van der Waals surface area (Å²) in [7, 11) is 0. The Hall–Kier alpha value is -1.55. The summed E-state index contributed by atoms with van der Waals surface area (Å²) in [4.78, 5) is 0. The molecule has 0 unspecified atom stereocenters. The van der Waals surface area contributed by atoms with Crippen LogP contribution in [-0.2, 0) is 6.42 Å². The predicted molar refractivity (Wildman–Crippen MR) is 74.1 cm³/mol. The maximum Gasteiger partial charge on any atom is 0.123 e. The maximum atomic E-state index is 8.93. The van der Waals surface area contributed by atoms with Crippen LogP contribution in [0.5, 0.6) is 5.75 Å². The molecule has 0 aromatic heterocycles. The monoisotopic (exact) mass is 263 g/mol. The van der Waals surface area contributed by atoms with Crippen molar-refractivity contribution in [2.75, 3.05) is 13.2 Å². The van der Waals surface area contributed by atoms with Crippen molar-refractivity contribution in [2.24, 2.45) is 5.16 Å². The van der Waals surface area contributed by atoms with E-state index in [-0.39, 0.29) is 6.61 Å². The second-order valence-electron chi connectivity index (χ2n) is 4.82. The van der Waals surface area contributed by atoms with Crippen molar-refractivity contribution in [2.45, 2.75) is 38.5 Å². The second kappa shape index (κ2) is 7.14. The molecule has 4 nitrogen and oxygen atoms in total. The molecule has 1 aliphatic carbocycles. The number of fused-ring (bicyclic) bond motifs is 1. The van der Waals surface area contributed by atoms with Crippen LogP contribution < -0.4 is 4.74 Å². The smallest absolute Gasteiger partial charge is 0.123 e. The summed E-state index contributed by atoms with van der Waals surface area (Å²) in [5.41, 5.74) is 2.93. The number of rotatable bonds is 7. The van der Waals surface area contributed by atoms with Crippen LogP contribution in [0.15, 0.2) is 23.4 Å². The molecule has 0 spiro atoms. The van der Waals surface area contributed by atoms with Gasteiger partial charge in [-0.3, -0.25) is 0 Å². The SMILES string of the molecule is OCCCCCCOc1cccc2c1CC/C2=N\O. The van der Waals surface area contributed by atoms with Crippen LogP contribution in [0.4, 0.5) is 0 Å². The van der Waals surface area contributed by atoms with E-state index in [1.165, 1.54) is 0 Å². The van der Waals surface area contributed by atoms with Gasteiger partial charge in [0.2, 0.25) is 0 Å². The fourth-order valence-electron chi connectivity index (χ4n) is 2.46. The van der Waals surface area contributed by atoms with Gasteiger partial charge in [-0.2, -0.15) is 0 Å². The number of aliphatic hydroxyl groups is 1. The summed E-state index contributed by atoms with van der Waals surface area (Å²) in [5, 5.41) is 21.0. The maximum absolute atomic E-state index is 8.93. The molecule has 0 bridgehead atoms. The summed E-state index contributed by atoms with van der Waals surface area (Å²) in [6.07, 6.45) is 5.67. The molecule has 4 heteroatoms. The normalized spacial score (nSPS) is 15.7. The Bertz CT molecular complexity index is 443. The van der Waals surface area contributed by atoms with Crippen LogP contribution >= 0.6 is 0 Å². The highest BCUT2D eigenvalue weighted by atomic mass is 16.5. The van der Waals surface area contributed by atoms with E-state index in [0.717, 1.165) is 61.1 Å². The van der Waals surface area contributed by atoms with Crippen molar-refractivity contribution in [3.8, 4) is 5.75 Å². The number of benzene rings is 1. The van der Waals surface area contributed by atoms with Gasteiger partial charge in [0, 0.05) is 17.7 Å². The molecule has 1 aromatic carbocycles. The molecule has 0 heterocycles. The minimum Gasteiger partial charge on any atom is -0.493 e. The molecular weight excluding hydrogens is 242 g/mol. The van der Waals surface area contributed by atoms with Crippen LogP contribution in [0.2, 0.25) is 0 Å². The van der Waals surface area contributed by atoms with Crippen LogP contribution in [0.3, 0.4) is 0 Å². The van der Waals surface area contributed by atoms with Crippen LogP contribution in [0, 0.1) is 0 Å². The van der Waals surface area contributed by atoms with Gasteiger partial charge in [0.25, 0.3) is 0 Å². The van der Waals surface area contributed by atoms with Gasteiger partial charge in [-0.1, -0.05) is 23.7 Å². The predicted octanol–water partition coefficient (Wildman–Crippen LogP) is 2.74. The van der Waals surface area contributed by atoms with Crippen molar-refractivity contribution < 1.29 is 15.1 Å².